The third-order valence-electron chi connectivity index (χ3n) is 5.73. The maximum atomic E-state index is 12.5. The molecule has 0 aliphatic heterocycles. The first-order chi connectivity index (χ1) is 20.0. The van der Waals surface area contributed by atoms with Gasteiger partial charge in [0.05, 0.1) is 32.8 Å². The van der Waals surface area contributed by atoms with E-state index in [1.807, 2.05) is 41.8 Å². The van der Waals surface area contributed by atoms with Crippen LogP contribution >= 0.6 is 34.4 Å². The number of benzene rings is 2. The van der Waals surface area contributed by atoms with E-state index >= 15 is 0 Å². The molecule has 5 rings (SSSR count). The normalized spacial score (nSPS) is 10.7. The maximum Gasteiger partial charge on any atom is 0.234 e. The molecule has 0 spiro atoms. The van der Waals surface area contributed by atoms with Crippen LogP contribution < -0.4 is 30.6 Å². The Morgan fingerprint density at radius 1 is 0.976 bits per heavy atom. The zero-order chi connectivity index (χ0) is 28.8. The smallest absolute Gasteiger partial charge is 0.234 e. The minimum Gasteiger partial charge on any atom is -0.493 e. The Hall–Kier alpha value is -4.33. The van der Waals surface area contributed by atoms with Crippen molar-refractivity contribution in [2.75, 3.05) is 43.4 Å². The lowest BCUT2D eigenvalue weighted by Gasteiger charge is -2.14. The van der Waals surface area contributed by atoms with Crippen LogP contribution in [0.5, 0.6) is 17.2 Å². The fourth-order valence-corrected chi connectivity index (χ4v) is 6.38. The van der Waals surface area contributed by atoms with Crippen LogP contribution in [-0.4, -0.2) is 47.9 Å². The molecule has 0 atom stereocenters. The fourth-order valence-electron chi connectivity index (χ4n) is 3.86. The van der Waals surface area contributed by atoms with Crippen molar-refractivity contribution >= 4 is 62.7 Å². The molecule has 3 aromatic heterocycles. The van der Waals surface area contributed by atoms with Gasteiger partial charge in [0.25, 0.3) is 0 Å². The van der Waals surface area contributed by atoms with Crippen molar-refractivity contribution in [3.8, 4) is 38.4 Å². The molecule has 210 valence electrons. The molecule has 4 N–H and O–H groups in total. The van der Waals surface area contributed by atoms with Gasteiger partial charge in [-0.2, -0.15) is 0 Å². The van der Waals surface area contributed by atoms with Crippen LogP contribution in [0.3, 0.4) is 0 Å². The lowest BCUT2D eigenvalue weighted by molar-refractivity contribution is -0.113. The van der Waals surface area contributed by atoms with Crippen LogP contribution in [0.1, 0.15) is 0 Å². The number of thiazole rings is 2. The second-order valence-corrected chi connectivity index (χ2v) is 11.3. The monoisotopic (exact) mass is 606 g/mol. The first-order valence-electron chi connectivity index (χ1n) is 12.2. The van der Waals surface area contributed by atoms with Crippen molar-refractivity contribution in [1.82, 2.24) is 15.0 Å². The van der Waals surface area contributed by atoms with E-state index in [4.69, 9.17) is 24.9 Å². The van der Waals surface area contributed by atoms with Crippen molar-refractivity contribution in [3.63, 3.8) is 0 Å². The number of methoxy groups -OCH3 is 3. The van der Waals surface area contributed by atoms with E-state index in [1.165, 1.54) is 34.4 Å². The van der Waals surface area contributed by atoms with Crippen LogP contribution in [0.4, 0.5) is 22.3 Å². The Bertz CT molecular complexity index is 1630. The van der Waals surface area contributed by atoms with E-state index in [0.717, 1.165) is 26.0 Å². The molecule has 41 heavy (non-hydrogen) atoms. The average Bonchev–Trinajstić information content (AvgIpc) is 3.62. The highest BCUT2D eigenvalue weighted by Gasteiger charge is 2.18. The molecule has 2 aromatic carbocycles. The number of anilines is 4. The van der Waals surface area contributed by atoms with E-state index in [1.54, 1.807) is 45.9 Å². The van der Waals surface area contributed by atoms with E-state index in [2.05, 4.69) is 20.6 Å². The number of amides is 1. The van der Waals surface area contributed by atoms with E-state index in [-0.39, 0.29) is 5.91 Å². The highest BCUT2D eigenvalue weighted by molar-refractivity contribution is 8.00. The molecule has 0 aliphatic rings. The molecule has 3 heterocycles. The summed E-state index contributed by atoms with van der Waals surface area (Å²) in [7, 11) is 4.68. The van der Waals surface area contributed by atoms with Gasteiger partial charge in [-0.3, -0.25) is 9.78 Å². The molecule has 0 aliphatic carbocycles. The maximum absolute atomic E-state index is 12.5. The Labute approximate surface area is 248 Å². The van der Waals surface area contributed by atoms with Gasteiger partial charge in [-0.25, -0.2) is 9.97 Å². The third kappa shape index (κ3) is 6.70. The molecule has 0 saturated carbocycles. The average molecular weight is 607 g/mol. The van der Waals surface area contributed by atoms with Crippen molar-refractivity contribution < 1.29 is 19.0 Å². The summed E-state index contributed by atoms with van der Waals surface area (Å²) >= 11 is 4.32. The van der Waals surface area contributed by atoms with Crippen LogP contribution in [0.25, 0.3) is 21.1 Å². The lowest BCUT2D eigenvalue weighted by Crippen LogP contribution is -2.13. The number of carbonyl (C=O) groups excluding carboxylic acids is 1. The first-order valence-corrected chi connectivity index (χ1v) is 14.9. The number of carbonyl (C=O) groups is 1. The van der Waals surface area contributed by atoms with Gasteiger partial charge in [0.2, 0.25) is 11.7 Å². The molecule has 0 fully saturated rings. The van der Waals surface area contributed by atoms with Crippen molar-refractivity contribution in [3.05, 3.63) is 66.3 Å². The minimum atomic E-state index is -0.0903. The molecule has 10 nitrogen and oxygen atoms in total. The molecule has 0 saturated heterocycles. The number of nitrogen functional groups attached to an aromatic ring is 1. The minimum absolute atomic E-state index is 0.0903. The third-order valence-corrected chi connectivity index (χ3v) is 8.72. The van der Waals surface area contributed by atoms with E-state index in [0.29, 0.717) is 45.3 Å². The van der Waals surface area contributed by atoms with Gasteiger partial charge >= 0.3 is 0 Å². The van der Waals surface area contributed by atoms with Gasteiger partial charge in [-0.05, 0) is 24.3 Å². The topological polar surface area (TPSA) is 134 Å². The summed E-state index contributed by atoms with van der Waals surface area (Å²) in [6.07, 6.45) is 3.41. The summed E-state index contributed by atoms with van der Waals surface area (Å²) in [4.78, 5) is 27.5. The zero-order valence-corrected chi connectivity index (χ0v) is 24.8. The fraction of sp³-hybridized carbons (Fsp3) is 0.143. The number of aromatic nitrogens is 3. The number of thioether (sulfide) groups is 1. The Morgan fingerprint density at radius 2 is 1.73 bits per heavy atom. The van der Waals surface area contributed by atoms with Gasteiger partial charge in [0.15, 0.2) is 16.6 Å². The van der Waals surface area contributed by atoms with Gasteiger partial charge < -0.3 is 30.6 Å². The highest BCUT2D eigenvalue weighted by atomic mass is 32.2. The number of nitrogens with zero attached hydrogens (tertiary/aromatic N) is 3. The highest BCUT2D eigenvalue weighted by Crippen LogP contribution is 2.43. The van der Waals surface area contributed by atoms with Crippen LogP contribution in [0.2, 0.25) is 0 Å². The van der Waals surface area contributed by atoms with Crippen LogP contribution in [0.15, 0.2) is 71.2 Å². The van der Waals surface area contributed by atoms with Crippen LogP contribution in [-0.2, 0) is 4.79 Å². The Morgan fingerprint density at radius 3 is 2.44 bits per heavy atom. The molecule has 5 aromatic rings. The predicted molar refractivity (Wildman–Crippen MR) is 166 cm³/mol. The number of nitrogens with one attached hydrogen (secondary N) is 2. The molecule has 0 radical (unpaired) electrons. The number of rotatable bonds is 11. The summed E-state index contributed by atoms with van der Waals surface area (Å²) in [5.74, 6) is 2.13. The van der Waals surface area contributed by atoms with Gasteiger partial charge in [-0.1, -0.05) is 23.5 Å². The summed E-state index contributed by atoms with van der Waals surface area (Å²) in [5.41, 5.74) is 9.35. The number of hydrogen-bond acceptors (Lipinski definition) is 12. The molecule has 13 heteroatoms. The predicted octanol–water partition coefficient (Wildman–Crippen LogP) is 6.41. The quantitative estimate of drug-likeness (QED) is 0.145. The van der Waals surface area contributed by atoms with Crippen LogP contribution in [0, 0.1) is 0 Å². The second-order valence-electron chi connectivity index (χ2n) is 8.41. The SMILES string of the molecule is COc1cc(Nc2nc(N)c(-c3nc(-c4cccc(NC(=O)CSc5ccncc5)c4)cs3)s2)cc(OC)c1OC. The molecular weight excluding hydrogens is 581 g/mol. The number of hydrogen-bond donors (Lipinski definition) is 3. The van der Waals surface area contributed by atoms with Crippen molar-refractivity contribution in [1.29, 1.82) is 0 Å². The zero-order valence-electron chi connectivity index (χ0n) is 22.3. The standard InChI is InChI=1S/C28H26N6O4S3/c1-36-21-12-18(13-22(37-2)24(21)38-3)32-28-34-26(29)25(41-28)27-33-20(14-40-27)16-5-4-6-17(11-16)31-23(35)15-39-19-7-9-30-10-8-19/h4-14H,15,29H2,1-3H3,(H,31,35)(H,32,34). The first kappa shape index (κ1) is 28.2. The summed E-state index contributed by atoms with van der Waals surface area (Å²) in [6.45, 7) is 0. The van der Waals surface area contributed by atoms with Gasteiger partial charge in [-0.15, -0.1) is 23.1 Å². The molecular formula is C28H26N6O4S3. The lowest BCUT2D eigenvalue weighted by atomic mass is 10.1. The summed E-state index contributed by atoms with van der Waals surface area (Å²) < 4.78 is 16.3. The number of nitrogens with two attached hydrogens (primary N) is 1. The van der Waals surface area contributed by atoms with Crippen molar-refractivity contribution in [2.45, 2.75) is 4.90 Å². The van der Waals surface area contributed by atoms with Crippen molar-refractivity contribution in [2.24, 2.45) is 0 Å². The Balaban J connectivity index is 1.29. The van der Waals surface area contributed by atoms with Gasteiger partial charge in [0.1, 0.15) is 15.7 Å². The number of pyridine rings is 1. The second kappa shape index (κ2) is 12.9. The largest absolute Gasteiger partial charge is 0.493 e. The van der Waals surface area contributed by atoms with Gasteiger partial charge in [0, 0.05) is 51.7 Å². The Kier molecular flexibility index (Phi) is 8.87. The summed E-state index contributed by atoms with van der Waals surface area (Å²) in [6, 6.07) is 14.9. The molecule has 0 bridgehead atoms. The van der Waals surface area contributed by atoms with E-state index in [9.17, 15) is 4.79 Å². The number of ether oxygens (including phenoxy) is 3. The molecule has 1 amide bonds. The summed E-state index contributed by atoms with van der Waals surface area (Å²) in [5, 5.41) is 9.52. The van der Waals surface area contributed by atoms with E-state index < -0.39 is 0 Å². The molecule has 0 unspecified atom stereocenters.